The number of para-hydroxylation sites is 1. The number of benzene rings is 3. The SMILES string of the molecule is COc1ccc(C(=O)OCc2cn(-c3ccccc3)nc2-c2ccccc2)cc1OC. The molecule has 0 saturated heterocycles. The molecule has 1 heterocycles. The number of carbonyl (C=O) groups is 1. The van der Waals surface area contributed by atoms with Crippen molar-refractivity contribution < 1.29 is 19.0 Å². The van der Waals surface area contributed by atoms with Crippen LogP contribution in [0.4, 0.5) is 0 Å². The van der Waals surface area contributed by atoms with E-state index in [9.17, 15) is 4.79 Å². The van der Waals surface area contributed by atoms with E-state index in [0.717, 1.165) is 22.5 Å². The Balaban J connectivity index is 1.60. The number of nitrogens with zero attached hydrogens (tertiary/aromatic N) is 2. The van der Waals surface area contributed by atoms with Gasteiger partial charge in [-0.1, -0.05) is 48.5 Å². The van der Waals surface area contributed by atoms with E-state index in [1.54, 1.807) is 30.0 Å². The van der Waals surface area contributed by atoms with Crippen LogP contribution < -0.4 is 9.47 Å². The zero-order valence-electron chi connectivity index (χ0n) is 17.3. The molecule has 0 fully saturated rings. The lowest BCUT2D eigenvalue weighted by Gasteiger charge is -2.09. The quantitative estimate of drug-likeness (QED) is 0.402. The van der Waals surface area contributed by atoms with Crippen LogP contribution >= 0.6 is 0 Å². The second kappa shape index (κ2) is 9.17. The summed E-state index contributed by atoms with van der Waals surface area (Å²) in [4.78, 5) is 12.7. The number of aromatic nitrogens is 2. The van der Waals surface area contributed by atoms with Gasteiger partial charge in [0.25, 0.3) is 0 Å². The Bertz CT molecular complexity index is 1170. The maximum atomic E-state index is 12.7. The van der Waals surface area contributed by atoms with E-state index >= 15 is 0 Å². The maximum absolute atomic E-state index is 12.7. The number of carbonyl (C=O) groups excluding carboxylic acids is 1. The molecule has 0 spiro atoms. The Labute approximate surface area is 180 Å². The fourth-order valence-electron chi connectivity index (χ4n) is 3.26. The zero-order valence-corrected chi connectivity index (χ0v) is 17.3. The van der Waals surface area contributed by atoms with Crippen molar-refractivity contribution in [2.24, 2.45) is 0 Å². The third-order valence-electron chi connectivity index (χ3n) is 4.84. The molecule has 0 amide bonds. The van der Waals surface area contributed by atoms with Crippen LogP contribution in [0.5, 0.6) is 11.5 Å². The largest absolute Gasteiger partial charge is 0.493 e. The minimum atomic E-state index is -0.451. The number of hydrogen-bond donors (Lipinski definition) is 0. The Morgan fingerprint density at radius 2 is 1.55 bits per heavy atom. The summed E-state index contributed by atoms with van der Waals surface area (Å²) in [6, 6.07) is 24.6. The molecule has 1 aromatic heterocycles. The number of esters is 1. The van der Waals surface area contributed by atoms with E-state index in [1.165, 1.54) is 7.11 Å². The predicted octanol–water partition coefficient (Wildman–Crippen LogP) is 4.91. The third-order valence-corrected chi connectivity index (χ3v) is 4.84. The van der Waals surface area contributed by atoms with Crippen molar-refractivity contribution in [3.8, 4) is 28.4 Å². The molecule has 6 nitrogen and oxygen atoms in total. The lowest BCUT2D eigenvalue weighted by atomic mass is 10.1. The van der Waals surface area contributed by atoms with Gasteiger partial charge in [0, 0.05) is 17.3 Å². The van der Waals surface area contributed by atoms with E-state index in [4.69, 9.17) is 19.3 Å². The van der Waals surface area contributed by atoms with E-state index < -0.39 is 5.97 Å². The van der Waals surface area contributed by atoms with Gasteiger partial charge in [0.15, 0.2) is 11.5 Å². The van der Waals surface area contributed by atoms with Gasteiger partial charge < -0.3 is 14.2 Å². The van der Waals surface area contributed by atoms with Crippen LogP contribution in [0.2, 0.25) is 0 Å². The first-order chi connectivity index (χ1) is 15.2. The van der Waals surface area contributed by atoms with Crippen molar-refractivity contribution in [1.29, 1.82) is 0 Å². The molecule has 0 atom stereocenters. The van der Waals surface area contributed by atoms with Crippen molar-refractivity contribution in [2.75, 3.05) is 14.2 Å². The molecule has 6 heteroatoms. The highest BCUT2D eigenvalue weighted by atomic mass is 16.5. The van der Waals surface area contributed by atoms with Gasteiger partial charge in [0.2, 0.25) is 0 Å². The molecule has 4 aromatic rings. The summed E-state index contributed by atoms with van der Waals surface area (Å²) in [6.07, 6.45) is 1.89. The Morgan fingerprint density at radius 3 is 2.23 bits per heavy atom. The fourth-order valence-corrected chi connectivity index (χ4v) is 3.26. The Kier molecular flexibility index (Phi) is 5.98. The molecular weight excluding hydrogens is 392 g/mol. The average molecular weight is 414 g/mol. The lowest BCUT2D eigenvalue weighted by Crippen LogP contribution is -2.06. The Morgan fingerprint density at radius 1 is 0.871 bits per heavy atom. The molecular formula is C25H22N2O4. The molecule has 0 bridgehead atoms. The van der Waals surface area contributed by atoms with Gasteiger partial charge >= 0.3 is 5.97 Å². The molecule has 0 aliphatic carbocycles. The van der Waals surface area contributed by atoms with Gasteiger partial charge in [0.1, 0.15) is 6.61 Å². The molecule has 156 valence electrons. The van der Waals surface area contributed by atoms with Gasteiger partial charge in [-0.3, -0.25) is 0 Å². The van der Waals surface area contributed by atoms with Gasteiger partial charge in [-0.05, 0) is 30.3 Å². The second-order valence-electron chi connectivity index (χ2n) is 6.79. The summed E-state index contributed by atoms with van der Waals surface area (Å²) >= 11 is 0. The molecule has 0 N–H and O–H groups in total. The molecule has 31 heavy (non-hydrogen) atoms. The van der Waals surface area contributed by atoms with Crippen LogP contribution in [0.15, 0.2) is 85.1 Å². The highest BCUT2D eigenvalue weighted by Crippen LogP contribution is 2.28. The van der Waals surface area contributed by atoms with Crippen molar-refractivity contribution in [3.63, 3.8) is 0 Å². The topological polar surface area (TPSA) is 62.6 Å². The van der Waals surface area contributed by atoms with Crippen molar-refractivity contribution in [3.05, 3.63) is 96.2 Å². The van der Waals surface area contributed by atoms with Crippen LogP contribution in [-0.2, 0) is 11.3 Å². The normalized spacial score (nSPS) is 10.5. The standard InChI is InChI=1S/C25H22N2O4/c1-29-22-14-13-19(15-23(22)30-2)25(28)31-17-20-16-27(21-11-7-4-8-12-21)26-24(20)18-9-5-3-6-10-18/h3-16H,17H2,1-2H3. The highest BCUT2D eigenvalue weighted by molar-refractivity contribution is 5.90. The zero-order chi connectivity index (χ0) is 21.6. The van der Waals surface area contributed by atoms with Crippen molar-refractivity contribution in [1.82, 2.24) is 9.78 Å². The van der Waals surface area contributed by atoms with Gasteiger partial charge in [0.05, 0.1) is 31.2 Å². The van der Waals surface area contributed by atoms with Crippen molar-refractivity contribution >= 4 is 5.97 Å². The summed E-state index contributed by atoms with van der Waals surface area (Å²) in [6.45, 7) is 0.0875. The summed E-state index contributed by atoms with van der Waals surface area (Å²) in [5, 5.41) is 4.74. The average Bonchev–Trinajstić information content (AvgIpc) is 3.27. The van der Waals surface area contributed by atoms with Crippen LogP contribution in [-0.4, -0.2) is 30.0 Å². The minimum absolute atomic E-state index is 0.0875. The van der Waals surface area contributed by atoms with Gasteiger partial charge in [-0.2, -0.15) is 5.10 Å². The van der Waals surface area contributed by atoms with Crippen LogP contribution in [0, 0.1) is 0 Å². The smallest absolute Gasteiger partial charge is 0.338 e. The minimum Gasteiger partial charge on any atom is -0.493 e. The first-order valence-electron chi connectivity index (χ1n) is 9.78. The summed E-state index contributed by atoms with van der Waals surface area (Å²) < 4.78 is 17.9. The summed E-state index contributed by atoms with van der Waals surface area (Å²) in [5.74, 6) is 0.570. The Hall–Kier alpha value is -4.06. The lowest BCUT2D eigenvalue weighted by molar-refractivity contribution is 0.0473. The molecule has 0 radical (unpaired) electrons. The molecule has 0 aliphatic rings. The van der Waals surface area contributed by atoms with Gasteiger partial charge in [-0.15, -0.1) is 0 Å². The molecule has 0 aliphatic heterocycles. The molecule has 0 saturated carbocycles. The fraction of sp³-hybridized carbons (Fsp3) is 0.120. The van der Waals surface area contributed by atoms with Crippen LogP contribution in [0.25, 0.3) is 16.9 Å². The van der Waals surface area contributed by atoms with Gasteiger partial charge in [-0.25, -0.2) is 9.48 Å². The number of rotatable bonds is 7. The van der Waals surface area contributed by atoms with Crippen molar-refractivity contribution in [2.45, 2.75) is 6.61 Å². The third kappa shape index (κ3) is 4.43. The predicted molar refractivity (Wildman–Crippen MR) is 118 cm³/mol. The van der Waals surface area contributed by atoms with E-state index in [0.29, 0.717) is 17.1 Å². The summed E-state index contributed by atoms with van der Waals surface area (Å²) in [7, 11) is 3.07. The second-order valence-corrected chi connectivity index (χ2v) is 6.79. The van der Waals surface area contributed by atoms with Crippen LogP contribution in [0.1, 0.15) is 15.9 Å². The first-order valence-corrected chi connectivity index (χ1v) is 9.78. The van der Waals surface area contributed by atoms with E-state index in [2.05, 4.69) is 0 Å². The van der Waals surface area contributed by atoms with E-state index in [1.807, 2.05) is 66.9 Å². The van der Waals surface area contributed by atoms with Crippen LogP contribution in [0.3, 0.4) is 0 Å². The van der Waals surface area contributed by atoms with E-state index in [-0.39, 0.29) is 6.61 Å². The summed E-state index contributed by atoms with van der Waals surface area (Å²) in [5.41, 5.74) is 3.84. The number of hydrogen-bond acceptors (Lipinski definition) is 5. The number of ether oxygens (including phenoxy) is 3. The molecule has 3 aromatic carbocycles. The first kappa shape index (κ1) is 20.2. The maximum Gasteiger partial charge on any atom is 0.338 e. The number of methoxy groups -OCH3 is 2. The molecule has 4 rings (SSSR count). The molecule has 0 unspecified atom stereocenters. The highest BCUT2D eigenvalue weighted by Gasteiger charge is 2.16. The monoisotopic (exact) mass is 414 g/mol.